The van der Waals surface area contributed by atoms with E-state index in [0.29, 0.717) is 65.9 Å². The van der Waals surface area contributed by atoms with Crippen LogP contribution < -0.4 is 5.32 Å². The molecular formula is C62H100N6O10-2. The second kappa shape index (κ2) is 51.5. The van der Waals surface area contributed by atoms with Crippen LogP contribution >= 0.6 is 0 Å². The van der Waals surface area contributed by atoms with E-state index in [0.717, 1.165) is 77.3 Å². The number of hydrogen-bond donors (Lipinski definition) is 1. The van der Waals surface area contributed by atoms with Gasteiger partial charge in [-0.15, -0.1) is 0 Å². The van der Waals surface area contributed by atoms with E-state index in [1.165, 1.54) is 22.3 Å². The highest BCUT2D eigenvalue weighted by molar-refractivity contribution is 5.72. The highest BCUT2D eigenvalue weighted by Crippen LogP contribution is 2.11. The third-order valence-corrected chi connectivity index (χ3v) is 10.3. The molecule has 0 saturated carbocycles. The number of likely N-dealkylation sites (N-methyl/N-ethyl adjacent to an activating group) is 2. The standard InChI is InChI=1S/C19H32N2O3.2C12H18NO2.C9H17NO2.C8H11N.C2H4O/c1-17(19(22)23-15-13-20(2)3)10-8-9-14-24-21(4)16-18-11-6-5-7-12-18;2*1-3-14-9-10-15-13(2)11-12-7-5-4-6-8-12;1-8(2)7-9(11)12-6-5-10(3)4;1-9-7-8-5-3-2-4-6-8;1-2-3-1/h5-7,11-12,17H,8-10,13-16H2,1-4H3;2*4-8H,1,3,9-11H2,2H3;1,5-7H2,2-4H3;2-6,9H,7H2,1H3;1-2H2/q;2*-1;;;. The number of nitrogens with one attached hydrogen (secondary N) is 1. The van der Waals surface area contributed by atoms with Gasteiger partial charge in [0.2, 0.25) is 0 Å². The van der Waals surface area contributed by atoms with Crippen molar-refractivity contribution in [1.29, 1.82) is 0 Å². The van der Waals surface area contributed by atoms with Gasteiger partial charge >= 0.3 is 11.9 Å². The third-order valence-electron chi connectivity index (χ3n) is 10.3. The lowest BCUT2D eigenvalue weighted by atomic mass is 10.0. The van der Waals surface area contributed by atoms with Gasteiger partial charge in [-0.2, -0.15) is 15.2 Å². The number of unbranched alkanes of at least 4 members (excludes halogenated alkanes) is 1. The Labute approximate surface area is 471 Å². The van der Waals surface area contributed by atoms with Crippen LogP contribution in [-0.2, 0) is 74.0 Å². The number of nitrogens with zero attached hydrogens (tertiary/aromatic N) is 5. The van der Waals surface area contributed by atoms with Gasteiger partial charge in [-0.25, -0.2) is 0 Å². The molecule has 1 fully saturated rings. The Morgan fingerprint density at radius 2 is 0.936 bits per heavy atom. The molecule has 16 nitrogen and oxygen atoms in total. The molecule has 78 heavy (non-hydrogen) atoms. The minimum atomic E-state index is -0.190. The van der Waals surface area contributed by atoms with Crippen LogP contribution in [0.25, 0.3) is 0 Å². The van der Waals surface area contributed by atoms with Gasteiger partial charge in [-0.1, -0.05) is 160 Å². The summed E-state index contributed by atoms with van der Waals surface area (Å²) >= 11 is 0. The molecule has 0 bridgehead atoms. The molecule has 4 aromatic rings. The average molecular weight is 1090 g/mol. The molecule has 1 aliphatic heterocycles. The fraction of sp³-hybridized carbons (Fsp3) is 0.516. The molecule has 1 aliphatic rings. The van der Waals surface area contributed by atoms with Crippen molar-refractivity contribution in [3.8, 4) is 0 Å². The van der Waals surface area contributed by atoms with Crippen molar-refractivity contribution >= 4 is 11.9 Å². The van der Waals surface area contributed by atoms with Gasteiger partial charge in [0.15, 0.2) is 0 Å². The summed E-state index contributed by atoms with van der Waals surface area (Å²) in [5.74, 6) is -0.336. The summed E-state index contributed by atoms with van der Waals surface area (Å²) in [6.45, 7) is 26.2. The number of esters is 2. The first kappa shape index (κ1) is 73.1. The van der Waals surface area contributed by atoms with Crippen molar-refractivity contribution in [1.82, 2.24) is 30.3 Å². The molecule has 1 heterocycles. The number of benzene rings is 4. The molecule has 5 rings (SSSR count). The van der Waals surface area contributed by atoms with E-state index in [-0.39, 0.29) is 17.9 Å². The maximum absolute atomic E-state index is 11.8. The van der Waals surface area contributed by atoms with Gasteiger partial charge < -0.3 is 52.6 Å². The summed E-state index contributed by atoms with van der Waals surface area (Å²) in [6, 6.07) is 41.0. The maximum atomic E-state index is 11.8. The fourth-order valence-corrected chi connectivity index (χ4v) is 6.17. The zero-order valence-corrected chi connectivity index (χ0v) is 49.4. The molecule has 1 saturated heterocycles. The molecular weight excluding hydrogens is 989 g/mol. The molecule has 1 unspecified atom stereocenters. The van der Waals surface area contributed by atoms with Gasteiger partial charge in [0.1, 0.15) is 13.2 Å². The molecule has 0 aromatic heterocycles. The topological polar surface area (TPSA) is 140 Å². The second-order valence-electron chi connectivity index (χ2n) is 18.7. The van der Waals surface area contributed by atoms with Gasteiger partial charge in [-0.05, 0) is 77.3 Å². The smallest absolute Gasteiger partial charge is 0.309 e. The van der Waals surface area contributed by atoms with E-state index in [2.05, 4.69) is 79.0 Å². The van der Waals surface area contributed by atoms with E-state index in [4.69, 9.17) is 33.5 Å². The zero-order chi connectivity index (χ0) is 57.9. The third kappa shape index (κ3) is 50.6. The van der Waals surface area contributed by atoms with Crippen LogP contribution in [0.2, 0.25) is 0 Å². The van der Waals surface area contributed by atoms with Crippen molar-refractivity contribution in [2.45, 2.75) is 65.7 Å². The van der Waals surface area contributed by atoms with Crippen molar-refractivity contribution in [2.24, 2.45) is 5.92 Å². The molecule has 440 valence electrons. The highest BCUT2D eigenvalue weighted by Gasteiger charge is 2.14. The van der Waals surface area contributed by atoms with E-state index >= 15 is 0 Å². The van der Waals surface area contributed by atoms with Crippen LogP contribution in [0.5, 0.6) is 0 Å². The number of hydroxylamine groups is 6. The SMILES string of the molecule is C1CO1.C=C(C)CC(=O)OCCN(C)C.CC(CCCCON(C)Cc1ccccc1)C(=O)OCCN(C)C.CNCc1ccccc1.[CH2-]COCCON(C)Cc1ccccc1.[CH2-]COCCON(C)Cc1ccccc1. The van der Waals surface area contributed by atoms with E-state index in [1.54, 1.807) is 0 Å². The summed E-state index contributed by atoms with van der Waals surface area (Å²) in [4.78, 5) is 43.3. The summed E-state index contributed by atoms with van der Waals surface area (Å²) in [5, 5.41) is 8.55. The maximum Gasteiger partial charge on any atom is 0.309 e. The average Bonchev–Trinajstić information content (AvgIpc) is 4.31. The quantitative estimate of drug-likeness (QED) is 0.0121. The first-order valence-electron chi connectivity index (χ1n) is 27.0. The Morgan fingerprint density at radius 3 is 1.28 bits per heavy atom. The molecule has 16 heteroatoms. The molecule has 0 amide bonds. The number of ether oxygens (including phenoxy) is 5. The summed E-state index contributed by atoms with van der Waals surface area (Å²) in [7, 11) is 15.5. The summed E-state index contributed by atoms with van der Waals surface area (Å²) < 4.78 is 24.8. The minimum Gasteiger partial charge on any atom is -0.464 e. The van der Waals surface area contributed by atoms with Crippen LogP contribution in [0.3, 0.4) is 0 Å². The Hall–Kier alpha value is -4.92. The fourth-order valence-electron chi connectivity index (χ4n) is 6.17. The lowest BCUT2D eigenvalue weighted by molar-refractivity contribution is -0.157. The Balaban J connectivity index is 0.000000968. The number of rotatable bonds is 33. The highest BCUT2D eigenvalue weighted by atomic mass is 16.7. The number of hydrogen-bond acceptors (Lipinski definition) is 16. The van der Waals surface area contributed by atoms with Crippen LogP contribution in [0, 0.1) is 19.8 Å². The number of carbonyl (C=O) groups excluding carboxylic acids is 2. The predicted molar refractivity (Wildman–Crippen MR) is 315 cm³/mol. The second-order valence-corrected chi connectivity index (χ2v) is 18.7. The first-order valence-corrected chi connectivity index (χ1v) is 27.0. The van der Waals surface area contributed by atoms with Crippen LogP contribution in [0.15, 0.2) is 133 Å². The van der Waals surface area contributed by atoms with E-state index in [1.807, 2.05) is 168 Å². The predicted octanol–water partition coefficient (Wildman–Crippen LogP) is 9.24. The van der Waals surface area contributed by atoms with Gasteiger partial charge in [0.05, 0.1) is 58.6 Å². The van der Waals surface area contributed by atoms with Gasteiger partial charge in [0, 0.05) is 60.4 Å². The van der Waals surface area contributed by atoms with E-state index < -0.39 is 0 Å². The monoisotopic (exact) mass is 1090 g/mol. The molecule has 0 radical (unpaired) electrons. The van der Waals surface area contributed by atoms with E-state index in [9.17, 15) is 9.59 Å². The van der Waals surface area contributed by atoms with Crippen molar-refractivity contribution in [3.05, 3.63) is 170 Å². The lowest BCUT2D eigenvalue weighted by Gasteiger charge is -2.17. The normalized spacial score (nSPS) is 11.6. The van der Waals surface area contributed by atoms with Crippen molar-refractivity contribution < 1.29 is 47.8 Å². The van der Waals surface area contributed by atoms with Crippen molar-refractivity contribution in [2.75, 3.05) is 142 Å². The van der Waals surface area contributed by atoms with Crippen LogP contribution in [-0.4, -0.2) is 179 Å². The summed E-state index contributed by atoms with van der Waals surface area (Å²) in [5.41, 5.74) is 5.87. The first-order chi connectivity index (χ1) is 37.6. The molecule has 0 aliphatic carbocycles. The van der Waals surface area contributed by atoms with Crippen LogP contribution in [0.1, 0.15) is 61.8 Å². The van der Waals surface area contributed by atoms with Crippen molar-refractivity contribution in [3.63, 3.8) is 0 Å². The molecule has 1 atom stereocenters. The van der Waals surface area contributed by atoms with Crippen LogP contribution in [0.4, 0.5) is 0 Å². The largest absolute Gasteiger partial charge is 0.464 e. The molecule has 4 aromatic carbocycles. The molecule has 0 spiro atoms. The number of epoxide rings is 1. The summed E-state index contributed by atoms with van der Waals surface area (Å²) in [6.07, 6.45) is 3.07. The minimum absolute atomic E-state index is 0.0470. The lowest BCUT2D eigenvalue weighted by Crippen LogP contribution is -2.23. The van der Waals surface area contributed by atoms with Gasteiger partial charge in [-0.3, -0.25) is 24.1 Å². The Morgan fingerprint density at radius 1 is 0.564 bits per heavy atom. The number of carbonyl (C=O) groups is 2. The zero-order valence-electron chi connectivity index (χ0n) is 49.4. The molecule has 1 N–H and O–H groups in total. The van der Waals surface area contributed by atoms with Gasteiger partial charge in [0.25, 0.3) is 0 Å². The Kier molecular flexibility index (Phi) is 48.3. The Bertz CT molecular complexity index is 1900.